The largest absolute Gasteiger partial charge is 0.496 e. The van der Waals surface area contributed by atoms with E-state index < -0.39 is 0 Å². The predicted octanol–water partition coefficient (Wildman–Crippen LogP) is 3.55. The summed E-state index contributed by atoms with van der Waals surface area (Å²) in [5.74, 6) is 0.367. The van der Waals surface area contributed by atoms with E-state index in [0.29, 0.717) is 34.9 Å². The van der Waals surface area contributed by atoms with Crippen molar-refractivity contribution in [2.45, 2.75) is 6.42 Å². The molecule has 2 amide bonds. The van der Waals surface area contributed by atoms with Crippen molar-refractivity contribution in [3.8, 4) is 11.5 Å². The fourth-order valence-electron chi connectivity index (χ4n) is 3.58. The zero-order valence-corrected chi connectivity index (χ0v) is 16.7. The number of rotatable bonds is 5. The van der Waals surface area contributed by atoms with Crippen LogP contribution >= 0.6 is 0 Å². The van der Waals surface area contributed by atoms with Gasteiger partial charge in [-0.05, 0) is 48.4 Å². The minimum atomic E-state index is -0.354. The molecule has 7 heteroatoms. The van der Waals surface area contributed by atoms with Crippen molar-refractivity contribution in [2.75, 3.05) is 31.0 Å². The van der Waals surface area contributed by atoms with Gasteiger partial charge in [-0.1, -0.05) is 12.1 Å². The second-order valence-corrected chi connectivity index (χ2v) is 6.78. The van der Waals surface area contributed by atoms with Gasteiger partial charge in [0.1, 0.15) is 17.1 Å². The van der Waals surface area contributed by atoms with Gasteiger partial charge < -0.3 is 19.7 Å². The quantitative estimate of drug-likeness (QED) is 0.705. The van der Waals surface area contributed by atoms with Crippen LogP contribution in [0.2, 0.25) is 0 Å². The topological polar surface area (TPSA) is 80.8 Å². The van der Waals surface area contributed by atoms with E-state index in [-0.39, 0.29) is 11.8 Å². The van der Waals surface area contributed by atoms with Crippen LogP contribution in [0.25, 0.3) is 0 Å². The number of anilines is 2. The van der Waals surface area contributed by atoms with Gasteiger partial charge in [0.2, 0.25) is 0 Å². The number of hydrogen-bond acceptors (Lipinski definition) is 5. The lowest BCUT2D eigenvalue weighted by atomic mass is 10.1. The first-order chi connectivity index (χ1) is 14.6. The predicted molar refractivity (Wildman–Crippen MR) is 114 cm³/mol. The summed E-state index contributed by atoms with van der Waals surface area (Å²) in [5, 5.41) is 2.89. The normalized spacial score (nSPS) is 12.3. The lowest BCUT2D eigenvalue weighted by molar-refractivity contribution is 0.0987. The van der Waals surface area contributed by atoms with E-state index in [1.807, 2.05) is 18.2 Å². The Balaban J connectivity index is 1.61. The van der Waals surface area contributed by atoms with Gasteiger partial charge in [-0.25, -0.2) is 0 Å². The maximum atomic E-state index is 13.0. The van der Waals surface area contributed by atoms with Crippen LogP contribution in [-0.2, 0) is 6.42 Å². The number of hydrogen-bond donors (Lipinski definition) is 1. The molecule has 1 aliphatic heterocycles. The molecule has 4 rings (SSSR count). The number of amides is 2. The molecule has 0 bridgehead atoms. The summed E-state index contributed by atoms with van der Waals surface area (Å²) in [6, 6.07) is 14.2. The molecule has 0 fully saturated rings. The molecule has 152 valence electrons. The number of carbonyl (C=O) groups is 2. The zero-order chi connectivity index (χ0) is 21.1. The molecule has 1 aliphatic rings. The van der Waals surface area contributed by atoms with E-state index in [4.69, 9.17) is 9.47 Å². The number of nitrogens with one attached hydrogen (secondary N) is 1. The zero-order valence-electron chi connectivity index (χ0n) is 16.7. The van der Waals surface area contributed by atoms with Crippen LogP contribution in [0.3, 0.4) is 0 Å². The number of pyridine rings is 1. The first kappa shape index (κ1) is 19.4. The molecule has 2 heterocycles. The maximum absolute atomic E-state index is 13.0. The second-order valence-electron chi connectivity index (χ2n) is 6.78. The Morgan fingerprint density at radius 1 is 1.03 bits per heavy atom. The first-order valence-corrected chi connectivity index (χ1v) is 9.49. The standard InChI is InChI=1S/C23H21N3O4/c1-29-19-6-3-7-20(30-2)21(19)22(27)25-17-9-8-15-10-12-26(18(15)13-17)23(28)16-5-4-11-24-14-16/h3-9,11,13-14H,10,12H2,1-2H3,(H,25,27). The van der Waals surface area contributed by atoms with E-state index in [0.717, 1.165) is 17.7 Å². The van der Waals surface area contributed by atoms with Crippen LogP contribution in [0.4, 0.5) is 11.4 Å². The molecular weight excluding hydrogens is 382 g/mol. The number of fused-ring (bicyclic) bond motifs is 1. The van der Waals surface area contributed by atoms with Crippen molar-refractivity contribution < 1.29 is 19.1 Å². The molecule has 0 spiro atoms. The number of aromatic nitrogens is 1. The molecule has 0 atom stereocenters. The van der Waals surface area contributed by atoms with Crippen molar-refractivity contribution in [2.24, 2.45) is 0 Å². The van der Waals surface area contributed by atoms with Crippen LogP contribution in [-0.4, -0.2) is 37.6 Å². The molecule has 2 aromatic carbocycles. The summed E-state index contributed by atoms with van der Waals surface area (Å²) < 4.78 is 10.6. The van der Waals surface area contributed by atoms with Gasteiger partial charge in [0.05, 0.1) is 19.8 Å². The van der Waals surface area contributed by atoms with Crippen LogP contribution in [0.5, 0.6) is 11.5 Å². The van der Waals surface area contributed by atoms with Crippen LogP contribution < -0.4 is 19.7 Å². The molecule has 0 radical (unpaired) electrons. The summed E-state index contributed by atoms with van der Waals surface area (Å²) in [5.41, 5.74) is 3.26. The van der Waals surface area contributed by atoms with Crippen molar-refractivity contribution >= 4 is 23.2 Å². The highest BCUT2D eigenvalue weighted by molar-refractivity contribution is 6.10. The summed E-state index contributed by atoms with van der Waals surface area (Å²) in [7, 11) is 3.01. The van der Waals surface area contributed by atoms with Gasteiger partial charge in [-0.2, -0.15) is 0 Å². The SMILES string of the molecule is COc1cccc(OC)c1C(=O)Nc1ccc2c(c1)N(C(=O)c1cccnc1)CC2. The Morgan fingerprint density at radius 3 is 2.47 bits per heavy atom. The summed E-state index contributed by atoms with van der Waals surface area (Å²) in [6.45, 7) is 0.584. The molecule has 0 unspecified atom stereocenters. The third kappa shape index (κ3) is 3.57. The number of carbonyl (C=O) groups excluding carboxylic acids is 2. The van der Waals surface area contributed by atoms with Crippen molar-refractivity contribution in [3.63, 3.8) is 0 Å². The molecule has 0 aliphatic carbocycles. The highest BCUT2D eigenvalue weighted by atomic mass is 16.5. The number of methoxy groups -OCH3 is 2. The van der Waals surface area contributed by atoms with Gasteiger partial charge in [-0.15, -0.1) is 0 Å². The Morgan fingerprint density at radius 2 is 1.80 bits per heavy atom. The minimum Gasteiger partial charge on any atom is -0.496 e. The van der Waals surface area contributed by atoms with Crippen molar-refractivity contribution in [1.82, 2.24) is 4.98 Å². The fraction of sp³-hybridized carbons (Fsp3) is 0.174. The summed E-state index contributed by atoms with van der Waals surface area (Å²) in [6.07, 6.45) is 3.95. The average molecular weight is 403 g/mol. The lowest BCUT2D eigenvalue weighted by Gasteiger charge is -2.18. The average Bonchev–Trinajstić information content (AvgIpc) is 3.21. The number of benzene rings is 2. The number of nitrogens with zero attached hydrogens (tertiary/aromatic N) is 2. The van der Waals surface area contributed by atoms with Gasteiger partial charge in [0.25, 0.3) is 11.8 Å². The Bertz CT molecular complexity index is 1080. The lowest BCUT2D eigenvalue weighted by Crippen LogP contribution is -2.29. The minimum absolute atomic E-state index is 0.114. The van der Waals surface area contributed by atoms with Crippen LogP contribution in [0.1, 0.15) is 26.3 Å². The second kappa shape index (κ2) is 8.24. The molecule has 1 aromatic heterocycles. The van der Waals surface area contributed by atoms with E-state index in [1.54, 1.807) is 47.6 Å². The molecule has 0 saturated heterocycles. The highest BCUT2D eigenvalue weighted by Crippen LogP contribution is 2.33. The Kier molecular flexibility index (Phi) is 5.34. The first-order valence-electron chi connectivity index (χ1n) is 9.49. The molecule has 7 nitrogen and oxygen atoms in total. The Hall–Kier alpha value is -3.87. The fourth-order valence-corrected chi connectivity index (χ4v) is 3.58. The third-order valence-electron chi connectivity index (χ3n) is 5.05. The van der Waals surface area contributed by atoms with Crippen LogP contribution in [0.15, 0.2) is 60.9 Å². The maximum Gasteiger partial charge on any atom is 0.263 e. The van der Waals surface area contributed by atoms with E-state index >= 15 is 0 Å². The van der Waals surface area contributed by atoms with Crippen LogP contribution in [0, 0.1) is 0 Å². The van der Waals surface area contributed by atoms with Gasteiger partial charge >= 0.3 is 0 Å². The smallest absolute Gasteiger partial charge is 0.263 e. The monoisotopic (exact) mass is 403 g/mol. The molecule has 1 N–H and O–H groups in total. The van der Waals surface area contributed by atoms with Gasteiger partial charge in [0.15, 0.2) is 0 Å². The molecule has 0 saturated carbocycles. The summed E-state index contributed by atoms with van der Waals surface area (Å²) >= 11 is 0. The van der Waals surface area contributed by atoms with Crippen molar-refractivity contribution in [3.05, 3.63) is 77.6 Å². The molecule has 30 heavy (non-hydrogen) atoms. The highest BCUT2D eigenvalue weighted by Gasteiger charge is 2.26. The third-order valence-corrected chi connectivity index (χ3v) is 5.05. The number of ether oxygens (including phenoxy) is 2. The van der Waals surface area contributed by atoms with E-state index in [2.05, 4.69) is 10.3 Å². The van der Waals surface area contributed by atoms with Gasteiger partial charge in [-0.3, -0.25) is 14.6 Å². The molecular formula is C23H21N3O4. The van der Waals surface area contributed by atoms with E-state index in [1.165, 1.54) is 14.2 Å². The van der Waals surface area contributed by atoms with Gasteiger partial charge in [0, 0.05) is 30.3 Å². The Labute approximate surface area is 174 Å². The molecule has 3 aromatic rings. The summed E-state index contributed by atoms with van der Waals surface area (Å²) in [4.78, 5) is 31.6. The van der Waals surface area contributed by atoms with Crippen molar-refractivity contribution in [1.29, 1.82) is 0 Å². The van der Waals surface area contributed by atoms with E-state index in [9.17, 15) is 9.59 Å².